The van der Waals surface area contributed by atoms with Gasteiger partial charge in [0.25, 0.3) is 0 Å². The number of aliphatic hydroxyl groups excluding tert-OH is 2. The van der Waals surface area contributed by atoms with Gasteiger partial charge in [0, 0.05) is 25.0 Å². The summed E-state index contributed by atoms with van der Waals surface area (Å²) in [5.41, 5.74) is 0. The van der Waals surface area contributed by atoms with Gasteiger partial charge in [0.15, 0.2) is 0 Å². The molecule has 0 radical (unpaired) electrons. The Bertz CT molecular complexity index is 121. The van der Waals surface area contributed by atoms with E-state index in [0.717, 1.165) is 13.1 Å². The van der Waals surface area contributed by atoms with E-state index in [-0.39, 0.29) is 6.61 Å². The van der Waals surface area contributed by atoms with Crippen LogP contribution in [-0.2, 0) is 0 Å². The van der Waals surface area contributed by atoms with Crippen molar-refractivity contribution < 1.29 is 10.2 Å². The van der Waals surface area contributed by atoms with Crippen LogP contribution in [0, 0.1) is 5.92 Å². The van der Waals surface area contributed by atoms with E-state index in [0.29, 0.717) is 12.0 Å². The zero-order chi connectivity index (χ0) is 8.43. The lowest BCUT2D eigenvalue weighted by Crippen LogP contribution is -2.55. The van der Waals surface area contributed by atoms with Gasteiger partial charge in [-0.15, -0.1) is 0 Å². The summed E-state index contributed by atoms with van der Waals surface area (Å²) in [6.07, 6.45) is -0.509. The molecule has 0 spiro atoms. The Labute approximate surface area is 67.6 Å². The Balaban J connectivity index is 2.18. The van der Waals surface area contributed by atoms with Gasteiger partial charge in [-0.25, -0.2) is 0 Å². The van der Waals surface area contributed by atoms with E-state index in [1.54, 1.807) is 0 Å². The predicted molar refractivity (Wildman–Crippen MR) is 43.3 cm³/mol. The molecule has 66 valence electrons. The molecular formula is C8H17NO2. The summed E-state index contributed by atoms with van der Waals surface area (Å²) in [6.45, 7) is 6.04. The Morgan fingerprint density at radius 2 is 2.00 bits per heavy atom. The fourth-order valence-corrected chi connectivity index (χ4v) is 1.36. The van der Waals surface area contributed by atoms with Crippen LogP contribution in [0.15, 0.2) is 0 Å². The van der Waals surface area contributed by atoms with Crippen LogP contribution in [0.25, 0.3) is 0 Å². The van der Waals surface area contributed by atoms with E-state index in [1.807, 2.05) is 0 Å². The lowest BCUT2D eigenvalue weighted by Gasteiger charge is -2.43. The summed E-state index contributed by atoms with van der Waals surface area (Å²) < 4.78 is 0. The Hall–Kier alpha value is -0.120. The highest BCUT2D eigenvalue weighted by Crippen LogP contribution is 2.20. The van der Waals surface area contributed by atoms with Crippen molar-refractivity contribution in [3.05, 3.63) is 0 Å². The van der Waals surface area contributed by atoms with Gasteiger partial charge in [0.05, 0.1) is 12.7 Å². The summed E-state index contributed by atoms with van der Waals surface area (Å²) in [4.78, 5) is 2.28. The minimum Gasteiger partial charge on any atom is -0.394 e. The van der Waals surface area contributed by atoms with Crippen LogP contribution in [0.3, 0.4) is 0 Å². The standard InChI is InChI=1S/C8H17NO2/c1-6(2)9-3-7(4-9)8(11)5-10/h6-8,10-11H,3-5H2,1-2H3/t8-/m0/s1. The molecule has 1 atom stereocenters. The van der Waals surface area contributed by atoms with Gasteiger partial charge in [-0.3, -0.25) is 0 Å². The molecule has 1 aliphatic rings. The van der Waals surface area contributed by atoms with Gasteiger partial charge in [0.1, 0.15) is 0 Å². The molecule has 0 aliphatic carbocycles. The number of hydrogen-bond acceptors (Lipinski definition) is 3. The number of aliphatic hydroxyl groups is 2. The van der Waals surface area contributed by atoms with E-state index < -0.39 is 6.10 Å². The molecule has 3 heteroatoms. The number of likely N-dealkylation sites (tertiary alicyclic amines) is 1. The van der Waals surface area contributed by atoms with Gasteiger partial charge in [-0.1, -0.05) is 0 Å². The zero-order valence-corrected chi connectivity index (χ0v) is 7.20. The van der Waals surface area contributed by atoms with Crippen molar-refractivity contribution in [3.63, 3.8) is 0 Å². The largest absolute Gasteiger partial charge is 0.394 e. The average Bonchev–Trinajstić information content (AvgIpc) is 1.83. The van der Waals surface area contributed by atoms with Crippen LogP contribution in [-0.4, -0.2) is 47.0 Å². The average molecular weight is 159 g/mol. The van der Waals surface area contributed by atoms with Gasteiger partial charge < -0.3 is 15.1 Å². The minimum atomic E-state index is -0.509. The SMILES string of the molecule is CC(C)N1CC([C@@H](O)CO)C1. The summed E-state index contributed by atoms with van der Waals surface area (Å²) in [5, 5.41) is 17.8. The fourth-order valence-electron chi connectivity index (χ4n) is 1.36. The molecule has 0 aromatic rings. The van der Waals surface area contributed by atoms with E-state index in [4.69, 9.17) is 5.11 Å². The van der Waals surface area contributed by atoms with Crippen LogP contribution in [0.5, 0.6) is 0 Å². The first kappa shape index (κ1) is 8.97. The third-order valence-corrected chi connectivity index (χ3v) is 2.40. The quantitative estimate of drug-likeness (QED) is 0.593. The summed E-state index contributed by atoms with van der Waals surface area (Å²) >= 11 is 0. The lowest BCUT2D eigenvalue weighted by atomic mass is 9.93. The molecule has 1 rings (SSSR count). The molecule has 0 unspecified atom stereocenters. The van der Waals surface area contributed by atoms with Crippen molar-refractivity contribution in [1.82, 2.24) is 4.90 Å². The molecule has 2 N–H and O–H groups in total. The predicted octanol–water partition coefficient (Wildman–Crippen LogP) is -0.320. The van der Waals surface area contributed by atoms with Gasteiger partial charge in [-0.05, 0) is 13.8 Å². The molecular weight excluding hydrogens is 142 g/mol. The highest BCUT2D eigenvalue weighted by molar-refractivity contribution is 4.86. The first-order valence-corrected chi connectivity index (χ1v) is 4.18. The van der Waals surface area contributed by atoms with E-state index in [1.165, 1.54) is 0 Å². The molecule has 0 saturated carbocycles. The second-order valence-electron chi connectivity index (χ2n) is 3.56. The van der Waals surface area contributed by atoms with E-state index in [2.05, 4.69) is 18.7 Å². The normalized spacial score (nSPS) is 23.7. The topological polar surface area (TPSA) is 43.7 Å². The second kappa shape index (κ2) is 3.52. The zero-order valence-electron chi connectivity index (χ0n) is 7.20. The molecule has 1 saturated heterocycles. The maximum Gasteiger partial charge on any atom is 0.0823 e. The maximum absolute atomic E-state index is 9.20. The first-order chi connectivity index (χ1) is 5.15. The Morgan fingerprint density at radius 3 is 2.36 bits per heavy atom. The Kier molecular flexibility index (Phi) is 2.87. The Morgan fingerprint density at radius 1 is 1.45 bits per heavy atom. The van der Waals surface area contributed by atoms with Crippen molar-refractivity contribution in [2.75, 3.05) is 19.7 Å². The monoisotopic (exact) mass is 159 g/mol. The molecule has 1 fully saturated rings. The fraction of sp³-hybridized carbons (Fsp3) is 1.00. The number of hydrogen-bond donors (Lipinski definition) is 2. The van der Waals surface area contributed by atoms with Crippen molar-refractivity contribution in [2.24, 2.45) is 5.92 Å². The van der Waals surface area contributed by atoms with Gasteiger partial charge in [-0.2, -0.15) is 0 Å². The van der Waals surface area contributed by atoms with Gasteiger partial charge in [0.2, 0.25) is 0 Å². The van der Waals surface area contributed by atoms with Crippen molar-refractivity contribution in [1.29, 1.82) is 0 Å². The molecule has 1 aliphatic heterocycles. The van der Waals surface area contributed by atoms with Crippen molar-refractivity contribution in [2.45, 2.75) is 26.0 Å². The summed E-state index contributed by atoms with van der Waals surface area (Å²) in [5.74, 6) is 0.294. The third-order valence-electron chi connectivity index (χ3n) is 2.40. The summed E-state index contributed by atoms with van der Waals surface area (Å²) in [6, 6.07) is 0.567. The number of rotatable bonds is 3. The second-order valence-corrected chi connectivity index (χ2v) is 3.56. The van der Waals surface area contributed by atoms with E-state index >= 15 is 0 Å². The smallest absolute Gasteiger partial charge is 0.0823 e. The number of nitrogens with zero attached hydrogens (tertiary/aromatic N) is 1. The molecule has 11 heavy (non-hydrogen) atoms. The molecule has 0 aromatic carbocycles. The lowest BCUT2D eigenvalue weighted by molar-refractivity contribution is -0.0417. The first-order valence-electron chi connectivity index (χ1n) is 4.18. The highest BCUT2D eigenvalue weighted by Gasteiger charge is 2.32. The van der Waals surface area contributed by atoms with Gasteiger partial charge >= 0.3 is 0 Å². The third kappa shape index (κ3) is 1.92. The molecule has 1 heterocycles. The van der Waals surface area contributed by atoms with E-state index in [9.17, 15) is 5.11 Å². The summed E-state index contributed by atoms with van der Waals surface area (Å²) in [7, 11) is 0. The van der Waals surface area contributed by atoms with Crippen LogP contribution >= 0.6 is 0 Å². The molecule has 0 amide bonds. The van der Waals surface area contributed by atoms with Crippen LogP contribution < -0.4 is 0 Å². The van der Waals surface area contributed by atoms with Crippen LogP contribution in [0.1, 0.15) is 13.8 Å². The van der Waals surface area contributed by atoms with Crippen molar-refractivity contribution >= 4 is 0 Å². The van der Waals surface area contributed by atoms with Crippen molar-refractivity contribution in [3.8, 4) is 0 Å². The molecule has 3 nitrogen and oxygen atoms in total. The highest BCUT2D eigenvalue weighted by atomic mass is 16.3. The van der Waals surface area contributed by atoms with Crippen LogP contribution in [0.4, 0.5) is 0 Å². The molecule has 0 aromatic heterocycles. The maximum atomic E-state index is 9.20. The molecule has 0 bridgehead atoms. The van der Waals surface area contributed by atoms with Crippen LogP contribution in [0.2, 0.25) is 0 Å². The minimum absolute atomic E-state index is 0.101.